The van der Waals surface area contributed by atoms with Crippen LogP contribution in [-0.2, 0) is 9.53 Å². The Bertz CT molecular complexity index is 746. The number of carbonyl (C=O) groups excluding carboxylic acids is 2. The number of nitrogens with one attached hydrogen (secondary N) is 1. The summed E-state index contributed by atoms with van der Waals surface area (Å²) in [5.41, 5.74) is 1.69. The van der Waals surface area contributed by atoms with Gasteiger partial charge in [0.15, 0.2) is 6.61 Å². The van der Waals surface area contributed by atoms with Crippen molar-refractivity contribution in [2.75, 3.05) is 30.9 Å². The van der Waals surface area contributed by atoms with Gasteiger partial charge in [-0.15, -0.1) is 0 Å². The van der Waals surface area contributed by atoms with E-state index in [4.69, 9.17) is 27.9 Å². The molecule has 24 heavy (non-hydrogen) atoms. The van der Waals surface area contributed by atoms with Crippen LogP contribution in [0.3, 0.4) is 0 Å². The largest absolute Gasteiger partial charge is 0.452 e. The second-order valence-corrected chi connectivity index (χ2v) is 5.95. The number of rotatable bonds is 5. The second kappa shape index (κ2) is 8.04. The number of carbonyl (C=O) groups is 2. The zero-order chi connectivity index (χ0) is 17.7. The number of hydrogen-bond donors (Lipinski definition) is 1. The smallest absolute Gasteiger partial charge is 0.338 e. The van der Waals surface area contributed by atoms with Gasteiger partial charge < -0.3 is 15.0 Å². The quantitative estimate of drug-likeness (QED) is 0.816. The Labute approximate surface area is 150 Å². The fourth-order valence-corrected chi connectivity index (χ4v) is 2.24. The molecule has 0 aromatic heterocycles. The summed E-state index contributed by atoms with van der Waals surface area (Å²) >= 11 is 11.8. The minimum absolute atomic E-state index is 0.234. The van der Waals surface area contributed by atoms with Crippen molar-refractivity contribution in [2.24, 2.45) is 0 Å². The molecule has 0 saturated carbocycles. The van der Waals surface area contributed by atoms with E-state index in [0.717, 1.165) is 5.69 Å². The van der Waals surface area contributed by atoms with E-state index in [0.29, 0.717) is 16.3 Å². The summed E-state index contributed by atoms with van der Waals surface area (Å²) in [4.78, 5) is 25.7. The fourth-order valence-electron chi connectivity index (χ4n) is 1.90. The maximum Gasteiger partial charge on any atom is 0.338 e. The topological polar surface area (TPSA) is 58.6 Å². The summed E-state index contributed by atoms with van der Waals surface area (Å²) in [6, 6.07) is 11.7. The van der Waals surface area contributed by atoms with Crippen molar-refractivity contribution in [1.29, 1.82) is 0 Å². The van der Waals surface area contributed by atoms with Crippen molar-refractivity contribution in [1.82, 2.24) is 0 Å². The number of amides is 1. The number of nitrogens with zero attached hydrogens (tertiary/aromatic N) is 1. The molecule has 0 aliphatic carbocycles. The molecule has 0 atom stereocenters. The van der Waals surface area contributed by atoms with Crippen LogP contribution in [0.15, 0.2) is 42.5 Å². The summed E-state index contributed by atoms with van der Waals surface area (Å²) in [6.07, 6.45) is 0. The summed E-state index contributed by atoms with van der Waals surface area (Å²) in [5, 5.41) is 3.10. The standard InChI is InChI=1S/C17H16Cl2N2O3/c1-21(2)12-8-6-11(7-9-12)17(23)24-10-15(22)20-14-5-3-4-13(18)16(14)19/h3-9H,10H2,1-2H3,(H,20,22). The van der Waals surface area contributed by atoms with Crippen molar-refractivity contribution in [3.63, 3.8) is 0 Å². The van der Waals surface area contributed by atoms with Crippen LogP contribution in [0.2, 0.25) is 10.0 Å². The Hall–Kier alpha value is -2.24. The molecule has 1 amide bonds. The molecule has 126 valence electrons. The van der Waals surface area contributed by atoms with E-state index in [1.807, 2.05) is 19.0 Å². The van der Waals surface area contributed by atoms with Gasteiger partial charge in [0.2, 0.25) is 0 Å². The molecule has 5 nitrogen and oxygen atoms in total. The number of hydrogen-bond acceptors (Lipinski definition) is 4. The van der Waals surface area contributed by atoms with E-state index in [1.165, 1.54) is 0 Å². The number of esters is 1. The molecule has 0 aliphatic heterocycles. The highest BCUT2D eigenvalue weighted by Crippen LogP contribution is 2.29. The third kappa shape index (κ3) is 4.63. The highest BCUT2D eigenvalue weighted by molar-refractivity contribution is 6.44. The summed E-state index contributed by atoms with van der Waals surface area (Å²) < 4.78 is 4.99. The van der Waals surface area contributed by atoms with Gasteiger partial charge in [0.25, 0.3) is 5.91 Å². The Morgan fingerprint density at radius 3 is 2.38 bits per heavy atom. The number of halogens is 2. The van der Waals surface area contributed by atoms with E-state index >= 15 is 0 Å². The lowest BCUT2D eigenvalue weighted by Crippen LogP contribution is -2.21. The molecule has 0 fully saturated rings. The molecule has 0 radical (unpaired) electrons. The van der Waals surface area contributed by atoms with Crippen LogP contribution in [0.4, 0.5) is 11.4 Å². The van der Waals surface area contributed by atoms with Crippen LogP contribution in [0, 0.1) is 0 Å². The van der Waals surface area contributed by atoms with Crippen molar-refractivity contribution >= 4 is 46.5 Å². The zero-order valence-corrected chi connectivity index (χ0v) is 14.7. The van der Waals surface area contributed by atoms with Crippen molar-refractivity contribution in [2.45, 2.75) is 0 Å². The average Bonchev–Trinajstić information content (AvgIpc) is 2.57. The van der Waals surface area contributed by atoms with Gasteiger partial charge in [0, 0.05) is 19.8 Å². The predicted octanol–water partition coefficient (Wildman–Crippen LogP) is 3.85. The van der Waals surface area contributed by atoms with Crippen LogP contribution in [0.1, 0.15) is 10.4 Å². The maximum absolute atomic E-state index is 11.9. The lowest BCUT2D eigenvalue weighted by molar-refractivity contribution is -0.119. The van der Waals surface area contributed by atoms with Crippen LogP contribution >= 0.6 is 23.2 Å². The van der Waals surface area contributed by atoms with Crippen LogP contribution in [0.25, 0.3) is 0 Å². The van der Waals surface area contributed by atoms with Gasteiger partial charge in [-0.25, -0.2) is 4.79 Å². The Kier molecular flexibility index (Phi) is 6.06. The van der Waals surface area contributed by atoms with E-state index < -0.39 is 18.5 Å². The second-order valence-electron chi connectivity index (χ2n) is 5.17. The molecule has 2 rings (SSSR count). The lowest BCUT2D eigenvalue weighted by atomic mass is 10.2. The normalized spacial score (nSPS) is 10.2. The molecule has 0 unspecified atom stereocenters. The minimum atomic E-state index is -0.576. The molecule has 0 bridgehead atoms. The van der Waals surface area contributed by atoms with Crippen LogP contribution in [-0.4, -0.2) is 32.6 Å². The minimum Gasteiger partial charge on any atom is -0.452 e. The molecule has 2 aromatic rings. The van der Waals surface area contributed by atoms with Crippen LogP contribution in [0.5, 0.6) is 0 Å². The highest BCUT2D eigenvalue weighted by Gasteiger charge is 2.12. The Morgan fingerprint density at radius 2 is 1.75 bits per heavy atom. The maximum atomic E-state index is 11.9. The monoisotopic (exact) mass is 366 g/mol. The Balaban J connectivity index is 1.91. The first-order valence-corrected chi connectivity index (χ1v) is 7.82. The number of ether oxygens (including phenoxy) is 1. The number of benzene rings is 2. The zero-order valence-electron chi connectivity index (χ0n) is 13.2. The molecule has 0 saturated heterocycles. The van der Waals surface area contributed by atoms with Gasteiger partial charge in [0.1, 0.15) is 0 Å². The van der Waals surface area contributed by atoms with Gasteiger partial charge in [-0.2, -0.15) is 0 Å². The predicted molar refractivity (Wildman–Crippen MR) is 96.1 cm³/mol. The first kappa shape index (κ1) is 18.1. The van der Waals surface area contributed by atoms with Gasteiger partial charge >= 0.3 is 5.97 Å². The lowest BCUT2D eigenvalue weighted by Gasteiger charge is -2.12. The third-order valence-electron chi connectivity index (χ3n) is 3.18. The van der Waals surface area contributed by atoms with Crippen molar-refractivity contribution in [3.05, 3.63) is 58.1 Å². The van der Waals surface area contributed by atoms with Gasteiger partial charge in [-0.3, -0.25) is 4.79 Å². The van der Waals surface area contributed by atoms with Gasteiger partial charge in [0.05, 0.1) is 21.3 Å². The average molecular weight is 367 g/mol. The molecular formula is C17H16Cl2N2O3. The van der Waals surface area contributed by atoms with E-state index in [-0.39, 0.29) is 5.02 Å². The van der Waals surface area contributed by atoms with Gasteiger partial charge in [-0.1, -0.05) is 29.3 Å². The molecule has 0 heterocycles. The first-order valence-electron chi connectivity index (χ1n) is 7.07. The van der Waals surface area contributed by atoms with E-state index in [9.17, 15) is 9.59 Å². The molecule has 1 N–H and O–H groups in total. The first-order chi connectivity index (χ1) is 11.4. The molecular weight excluding hydrogens is 351 g/mol. The van der Waals surface area contributed by atoms with E-state index in [1.54, 1.807) is 42.5 Å². The van der Waals surface area contributed by atoms with E-state index in [2.05, 4.69) is 5.32 Å². The third-order valence-corrected chi connectivity index (χ3v) is 4.00. The summed E-state index contributed by atoms with van der Waals surface area (Å²) in [5.74, 6) is -1.08. The number of anilines is 2. The molecule has 2 aromatic carbocycles. The van der Waals surface area contributed by atoms with Crippen LogP contribution < -0.4 is 10.2 Å². The summed E-state index contributed by atoms with van der Waals surface area (Å²) in [7, 11) is 3.80. The van der Waals surface area contributed by atoms with Gasteiger partial charge in [-0.05, 0) is 36.4 Å². The highest BCUT2D eigenvalue weighted by atomic mass is 35.5. The molecule has 7 heteroatoms. The SMILES string of the molecule is CN(C)c1ccc(C(=O)OCC(=O)Nc2cccc(Cl)c2Cl)cc1. The summed E-state index contributed by atoms with van der Waals surface area (Å²) in [6.45, 7) is -0.420. The van der Waals surface area contributed by atoms with Crippen molar-refractivity contribution in [3.8, 4) is 0 Å². The Morgan fingerprint density at radius 1 is 1.08 bits per heavy atom. The fraction of sp³-hybridized carbons (Fsp3) is 0.176. The van der Waals surface area contributed by atoms with Crippen molar-refractivity contribution < 1.29 is 14.3 Å². The molecule has 0 spiro atoms. The molecule has 0 aliphatic rings.